The number of carbonyl (C=O) groups is 1. The summed E-state index contributed by atoms with van der Waals surface area (Å²) in [4.78, 5) is 12.1. The fourth-order valence-electron chi connectivity index (χ4n) is 2.86. The molecule has 1 aliphatic heterocycles. The molecule has 1 aliphatic carbocycles. The first kappa shape index (κ1) is 13.2. The molecule has 98 valence electrons. The topological polar surface area (TPSA) is 41.1 Å². The molecule has 17 heavy (non-hydrogen) atoms. The second-order valence-corrected chi connectivity index (χ2v) is 7.20. The number of rotatable bonds is 2. The van der Waals surface area contributed by atoms with Crippen molar-refractivity contribution in [3.05, 3.63) is 0 Å². The first-order chi connectivity index (χ1) is 8.07. The zero-order valence-corrected chi connectivity index (χ0v) is 11.7. The van der Waals surface area contributed by atoms with Gasteiger partial charge in [0, 0.05) is 24.1 Å². The Bertz CT molecular complexity index is 275. The summed E-state index contributed by atoms with van der Waals surface area (Å²) in [5.74, 6) is 2.25. The average Bonchev–Trinajstić information content (AvgIpc) is 2.29. The minimum absolute atomic E-state index is 0.0267. The van der Waals surface area contributed by atoms with Crippen LogP contribution >= 0.6 is 11.8 Å². The van der Waals surface area contributed by atoms with E-state index in [0.29, 0.717) is 11.5 Å². The SMILES string of the molecule is CC1(C)CCCC(NC(=O)C2CSCCN2)C1. The van der Waals surface area contributed by atoms with Gasteiger partial charge in [-0.1, -0.05) is 20.3 Å². The Kier molecular flexibility index (Phi) is 4.36. The molecule has 1 saturated heterocycles. The third-order valence-corrected chi connectivity index (χ3v) is 4.85. The number of thioether (sulfide) groups is 1. The van der Waals surface area contributed by atoms with Crippen molar-refractivity contribution in [1.29, 1.82) is 0 Å². The van der Waals surface area contributed by atoms with Gasteiger partial charge >= 0.3 is 0 Å². The monoisotopic (exact) mass is 256 g/mol. The molecular formula is C13H24N2OS. The minimum Gasteiger partial charge on any atom is -0.352 e. The first-order valence-electron chi connectivity index (χ1n) is 6.68. The number of hydrogen-bond donors (Lipinski definition) is 2. The molecule has 2 fully saturated rings. The summed E-state index contributed by atoms with van der Waals surface area (Å²) >= 11 is 1.87. The van der Waals surface area contributed by atoms with E-state index in [2.05, 4.69) is 24.5 Å². The van der Waals surface area contributed by atoms with E-state index in [4.69, 9.17) is 0 Å². The Morgan fingerprint density at radius 1 is 1.47 bits per heavy atom. The van der Waals surface area contributed by atoms with Gasteiger partial charge in [0.2, 0.25) is 5.91 Å². The van der Waals surface area contributed by atoms with Crippen LogP contribution in [0, 0.1) is 5.41 Å². The predicted octanol–water partition coefficient (Wildman–Crippen LogP) is 1.78. The van der Waals surface area contributed by atoms with Gasteiger partial charge < -0.3 is 10.6 Å². The van der Waals surface area contributed by atoms with Gasteiger partial charge in [0.15, 0.2) is 0 Å². The zero-order valence-electron chi connectivity index (χ0n) is 10.9. The molecule has 1 amide bonds. The predicted molar refractivity (Wildman–Crippen MR) is 73.3 cm³/mol. The van der Waals surface area contributed by atoms with E-state index in [-0.39, 0.29) is 11.9 Å². The maximum atomic E-state index is 12.1. The molecule has 0 radical (unpaired) electrons. The molecule has 0 aromatic heterocycles. The molecule has 2 aliphatic rings. The van der Waals surface area contributed by atoms with Crippen molar-refractivity contribution in [3.8, 4) is 0 Å². The summed E-state index contributed by atoms with van der Waals surface area (Å²) in [7, 11) is 0. The summed E-state index contributed by atoms with van der Waals surface area (Å²) in [6.45, 7) is 5.57. The highest BCUT2D eigenvalue weighted by Crippen LogP contribution is 2.35. The van der Waals surface area contributed by atoms with E-state index in [1.165, 1.54) is 12.8 Å². The van der Waals surface area contributed by atoms with Crippen LogP contribution in [0.1, 0.15) is 39.5 Å². The maximum Gasteiger partial charge on any atom is 0.238 e. The summed E-state index contributed by atoms with van der Waals surface area (Å²) < 4.78 is 0. The molecule has 2 rings (SSSR count). The summed E-state index contributed by atoms with van der Waals surface area (Å²) in [5.41, 5.74) is 0.394. The average molecular weight is 256 g/mol. The van der Waals surface area contributed by atoms with E-state index in [1.54, 1.807) is 0 Å². The Balaban J connectivity index is 1.81. The molecule has 0 aromatic rings. The fraction of sp³-hybridized carbons (Fsp3) is 0.923. The largest absolute Gasteiger partial charge is 0.352 e. The van der Waals surface area contributed by atoms with Crippen LogP contribution in [0.15, 0.2) is 0 Å². The molecular weight excluding hydrogens is 232 g/mol. The lowest BCUT2D eigenvalue weighted by molar-refractivity contribution is -0.123. The van der Waals surface area contributed by atoms with Crippen molar-refractivity contribution >= 4 is 17.7 Å². The normalized spacial score (nSPS) is 33.1. The van der Waals surface area contributed by atoms with Crippen molar-refractivity contribution in [1.82, 2.24) is 10.6 Å². The van der Waals surface area contributed by atoms with Crippen molar-refractivity contribution in [2.75, 3.05) is 18.1 Å². The van der Waals surface area contributed by atoms with Gasteiger partial charge in [-0.25, -0.2) is 0 Å². The lowest BCUT2D eigenvalue weighted by Crippen LogP contribution is -2.52. The van der Waals surface area contributed by atoms with Gasteiger partial charge in [0.25, 0.3) is 0 Å². The van der Waals surface area contributed by atoms with Crippen LogP contribution in [0.25, 0.3) is 0 Å². The highest BCUT2D eigenvalue weighted by molar-refractivity contribution is 7.99. The minimum atomic E-state index is 0.0267. The van der Waals surface area contributed by atoms with Gasteiger partial charge in [0.1, 0.15) is 0 Å². The van der Waals surface area contributed by atoms with Crippen molar-refractivity contribution in [2.45, 2.75) is 51.6 Å². The smallest absolute Gasteiger partial charge is 0.238 e. The van der Waals surface area contributed by atoms with E-state index in [9.17, 15) is 4.79 Å². The lowest BCUT2D eigenvalue weighted by atomic mass is 9.75. The number of amides is 1. The maximum absolute atomic E-state index is 12.1. The molecule has 2 atom stereocenters. The van der Waals surface area contributed by atoms with E-state index in [1.807, 2.05) is 11.8 Å². The molecule has 3 nitrogen and oxygen atoms in total. The number of hydrogen-bond acceptors (Lipinski definition) is 3. The van der Waals surface area contributed by atoms with Gasteiger partial charge in [0.05, 0.1) is 6.04 Å². The summed E-state index contributed by atoms with van der Waals surface area (Å²) in [6, 6.07) is 0.416. The summed E-state index contributed by atoms with van der Waals surface area (Å²) in [6.07, 6.45) is 4.80. The van der Waals surface area contributed by atoms with Crippen LogP contribution in [-0.2, 0) is 4.79 Å². The van der Waals surface area contributed by atoms with Crippen molar-refractivity contribution < 1.29 is 4.79 Å². The molecule has 2 N–H and O–H groups in total. The van der Waals surface area contributed by atoms with Crippen LogP contribution in [0.3, 0.4) is 0 Å². The van der Waals surface area contributed by atoms with Crippen LogP contribution in [0.4, 0.5) is 0 Å². The van der Waals surface area contributed by atoms with Crippen LogP contribution in [0.5, 0.6) is 0 Å². The Labute approximate surface area is 108 Å². The van der Waals surface area contributed by atoms with Gasteiger partial charge in [-0.15, -0.1) is 0 Å². The standard InChI is InChI=1S/C13H24N2OS/c1-13(2)5-3-4-10(8-13)15-12(16)11-9-17-7-6-14-11/h10-11,14H,3-9H2,1-2H3,(H,15,16). The lowest BCUT2D eigenvalue weighted by Gasteiger charge is -2.36. The molecule has 1 heterocycles. The fourth-order valence-corrected chi connectivity index (χ4v) is 3.79. The van der Waals surface area contributed by atoms with Gasteiger partial charge in [-0.3, -0.25) is 4.79 Å². The van der Waals surface area contributed by atoms with E-state index in [0.717, 1.165) is 30.9 Å². The number of nitrogens with one attached hydrogen (secondary N) is 2. The second-order valence-electron chi connectivity index (χ2n) is 6.05. The van der Waals surface area contributed by atoms with Crippen LogP contribution in [-0.4, -0.2) is 36.0 Å². The highest BCUT2D eigenvalue weighted by Gasteiger charge is 2.30. The summed E-state index contributed by atoms with van der Waals surface area (Å²) in [5, 5.41) is 6.53. The Hall–Kier alpha value is -0.220. The molecule has 1 saturated carbocycles. The zero-order chi connectivity index (χ0) is 12.3. The van der Waals surface area contributed by atoms with E-state index < -0.39 is 0 Å². The molecule has 0 spiro atoms. The third kappa shape index (κ3) is 3.88. The Morgan fingerprint density at radius 3 is 2.94 bits per heavy atom. The molecule has 0 bridgehead atoms. The molecule has 0 aromatic carbocycles. The van der Waals surface area contributed by atoms with Crippen LogP contribution in [0.2, 0.25) is 0 Å². The van der Waals surface area contributed by atoms with E-state index >= 15 is 0 Å². The van der Waals surface area contributed by atoms with Gasteiger partial charge in [-0.2, -0.15) is 11.8 Å². The molecule has 4 heteroatoms. The van der Waals surface area contributed by atoms with Gasteiger partial charge in [-0.05, 0) is 24.7 Å². The Morgan fingerprint density at radius 2 is 2.29 bits per heavy atom. The third-order valence-electron chi connectivity index (χ3n) is 3.79. The molecule has 2 unspecified atom stereocenters. The first-order valence-corrected chi connectivity index (χ1v) is 7.84. The highest BCUT2D eigenvalue weighted by atomic mass is 32.2. The quantitative estimate of drug-likeness (QED) is 0.791. The number of carbonyl (C=O) groups excluding carboxylic acids is 1. The van der Waals surface area contributed by atoms with Crippen molar-refractivity contribution in [2.24, 2.45) is 5.41 Å². The van der Waals surface area contributed by atoms with Crippen molar-refractivity contribution in [3.63, 3.8) is 0 Å². The second kappa shape index (κ2) is 5.61. The van der Waals surface area contributed by atoms with Crippen LogP contribution < -0.4 is 10.6 Å².